The van der Waals surface area contributed by atoms with Crippen molar-refractivity contribution in [3.05, 3.63) is 35.0 Å². The van der Waals surface area contributed by atoms with E-state index in [1.165, 1.54) is 0 Å². The van der Waals surface area contributed by atoms with Gasteiger partial charge in [-0.3, -0.25) is 14.6 Å². The van der Waals surface area contributed by atoms with Gasteiger partial charge in [-0.05, 0) is 50.8 Å². The Morgan fingerprint density at radius 1 is 1.19 bits per heavy atom. The van der Waals surface area contributed by atoms with Crippen molar-refractivity contribution < 1.29 is 28.5 Å². The van der Waals surface area contributed by atoms with Crippen LogP contribution in [-0.2, 0) is 19.1 Å². The van der Waals surface area contributed by atoms with Gasteiger partial charge in [0.25, 0.3) is 0 Å². The summed E-state index contributed by atoms with van der Waals surface area (Å²) < 4.78 is 22.3. The molecule has 7 nitrogen and oxygen atoms in total. The van der Waals surface area contributed by atoms with Crippen molar-refractivity contribution in [1.82, 2.24) is 0 Å². The highest BCUT2D eigenvalue weighted by molar-refractivity contribution is 6.09. The Labute approximate surface area is 182 Å². The van der Waals surface area contributed by atoms with Crippen LogP contribution in [0.5, 0.6) is 11.5 Å². The van der Waals surface area contributed by atoms with E-state index < -0.39 is 17.8 Å². The molecule has 1 unspecified atom stereocenters. The summed E-state index contributed by atoms with van der Waals surface area (Å²) in [5.41, 5.74) is 2.76. The second kappa shape index (κ2) is 9.22. The Balaban J connectivity index is 1.76. The molecule has 1 saturated heterocycles. The van der Waals surface area contributed by atoms with Crippen LogP contribution >= 0.6 is 0 Å². The lowest BCUT2D eigenvalue weighted by atomic mass is 9.71. The molecule has 31 heavy (non-hydrogen) atoms. The average molecular weight is 427 g/mol. The zero-order chi connectivity index (χ0) is 22.0. The Hall–Kier alpha value is -2.67. The minimum atomic E-state index is -0.705. The third kappa shape index (κ3) is 4.24. The maximum atomic E-state index is 13.3. The molecule has 2 aliphatic heterocycles. The van der Waals surface area contributed by atoms with Gasteiger partial charge in [0, 0.05) is 41.5 Å². The van der Waals surface area contributed by atoms with E-state index in [2.05, 4.69) is 4.99 Å². The van der Waals surface area contributed by atoms with Crippen LogP contribution in [0.1, 0.15) is 50.5 Å². The number of carbonyl (C=O) groups is 2. The normalized spacial score (nSPS) is 25.7. The van der Waals surface area contributed by atoms with Crippen molar-refractivity contribution in [2.45, 2.75) is 51.0 Å². The third-order valence-electron chi connectivity index (χ3n) is 6.30. The van der Waals surface area contributed by atoms with Crippen LogP contribution in [0.2, 0.25) is 0 Å². The number of ketones is 1. The fraction of sp³-hybridized carbons (Fsp3) is 0.542. The summed E-state index contributed by atoms with van der Waals surface area (Å²) in [6.45, 7) is 2.74. The van der Waals surface area contributed by atoms with Crippen LogP contribution < -0.4 is 9.47 Å². The van der Waals surface area contributed by atoms with E-state index in [1.807, 2.05) is 13.0 Å². The number of methoxy groups -OCH3 is 2. The van der Waals surface area contributed by atoms with Crippen LogP contribution in [0, 0.1) is 5.92 Å². The van der Waals surface area contributed by atoms with Gasteiger partial charge in [0.2, 0.25) is 0 Å². The number of Topliss-reactive ketones (excluding diaryl/α,β-unsaturated/α-hetero) is 1. The molecule has 1 fully saturated rings. The highest BCUT2D eigenvalue weighted by Crippen LogP contribution is 2.47. The van der Waals surface area contributed by atoms with Crippen molar-refractivity contribution in [2.75, 3.05) is 27.4 Å². The molecular formula is C24H29NO6. The summed E-state index contributed by atoms with van der Waals surface area (Å²) in [5.74, 6) is -0.359. The predicted molar refractivity (Wildman–Crippen MR) is 115 cm³/mol. The zero-order valence-electron chi connectivity index (χ0n) is 18.3. The highest BCUT2D eigenvalue weighted by Gasteiger charge is 2.44. The first-order valence-corrected chi connectivity index (χ1v) is 10.8. The summed E-state index contributed by atoms with van der Waals surface area (Å²) in [5, 5.41) is 0. The van der Waals surface area contributed by atoms with E-state index >= 15 is 0 Å². The molecule has 2 heterocycles. The molecule has 1 aliphatic carbocycles. The Bertz CT molecular complexity index is 928. The lowest BCUT2D eigenvalue weighted by Crippen LogP contribution is -2.38. The standard InChI is InChI=1S/C24H29NO6/c1-14-21(24(27)31-13-16-6-5-11-30-16)22(23-18(25-14)7-4-8-19(23)26)17-12-15(28-2)9-10-20(17)29-3/h9-10,12,16,21-22H,4-8,11,13H2,1-3H3/t16-,21?,22-/m0/s1. The molecule has 0 aromatic heterocycles. The van der Waals surface area contributed by atoms with E-state index in [9.17, 15) is 9.59 Å². The number of nitrogens with zero attached hydrogens (tertiary/aromatic N) is 1. The molecule has 3 aliphatic rings. The van der Waals surface area contributed by atoms with Gasteiger partial charge < -0.3 is 18.9 Å². The van der Waals surface area contributed by atoms with Gasteiger partial charge in [-0.25, -0.2) is 0 Å². The molecule has 3 atom stereocenters. The van der Waals surface area contributed by atoms with E-state index in [0.717, 1.165) is 36.9 Å². The lowest BCUT2D eigenvalue weighted by Gasteiger charge is -2.35. The number of esters is 1. The number of rotatable bonds is 6. The highest BCUT2D eigenvalue weighted by atomic mass is 16.6. The second-order valence-electron chi connectivity index (χ2n) is 8.22. The van der Waals surface area contributed by atoms with Crippen molar-refractivity contribution in [2.24, 2.45) is 10.9 Å². The number of hydrogen-bond acceptors (Lipinski definition) is 7. The summed E-state index contributed by atoms with van der Waals surface area (Å²) in [6.07, 6.45) is 3.73. The summed E-state index contributed by atoms with van der Waals surface area (Å²) in [4.78, 5) is 31.0. The van der Waals surface area contributed by atoms with Crippen molar-refractivity contribution >= 4 is 17.5 Å². The molecule has 0 bridgehead atoms. The number of benzene rings is 1. The minimum Gasteiger partial charge on any atom is -0.497 e. The molecule has 1 aromatic rings. The first-order chi connectivity index (χ1) is 15.0. The van der Waals surface area contributed by atoms with Gasteiger partial charge in [-0.1, -0.05) is 0 Å². The van der Waals surface area contributed by atoms with E-state index in [0.29, 0.717) is 35.8 Å². The zero-order valence-corrected chi connectivity index (χ0v) is 18.3. The van der Waals surface area contributed by atoms with Crippen LogP contribution in [0.15, 0.2) is 34.5 Å². The Morgan fingerprint density at radius 2 is 2.03 bits per heavy atom. The van der Waals surface area contributed by atoms with E-state index in [1.54, 1.807) is 26.4 Å². The van der Waals surface area contributed by atoms with Gasteiger partial charge in [0.15, 0.2) is 5.78 Å². The maximum absolute atomic E-state index is 13.3. The second-order valence-corrected chi connectivity index (χ2v) is 8.22. The number of hydrogen-bond donors (Lipinski definition) is 0. The topological polar surface area (TPSA) is 83.4 Å². The number of carbonyl (C=O) groups excluding carboxylic acids is 2. The molecule has 0 N–H and O–H groups in total. The molecule has 0 spiro atoms. The molecule has 4 rings (SSSR count). The third-order valence-corrected chi connectivity index (χ3v) is 6.30. The van der Waals surface area contributed by atoms with Gasteiger partial charge in [0.05, 0.1) is 20.3 Å². The van der Waals surface area contributed by atoms with Gasteiger partial charge in [-0.2, -0.15) is 0 Å². The van der Waals surface area contributed by atoms with Crippen molar-refractivity contribution in [3.63, 3.8) is 0 Å². The van der Waals surface area contributed by atoms with Crippen LogP contribution in [0.4, 0.5) is 0 Å². The van der Waals surface area contributed by atoms with Crippen molar-refractivity contribution in [1.29, 1.82) is 0 Å². The molecule has 0 amide bonds. The fourth-order valence-electron chi connectivity index (χ4n) is 4.77. The Kier molecular flexibility index (Phi) is 6.41. The monoisotopic (exact) mass is 427 g/mol. The van der Waals surface area contributed by atoms with E-state index in [4.69, 9.17) is 18.9 Å². The van der Waals surface area contributed by atoms with Gasteiger partial charge >= 0.3 is 5.97 Å². The van der Waals surface area contributed by atoms with Crippen molar-refractivity contribution in [3.8, 4) is 11.5 Å². The number of ether oxygens (including phenoxy) is 4. The quantitative estimate of drug-likeness (QED) is 0.645. The molecule has 166 valence electrons. The smallest absolute Gasteiger partial charge is 0.315 e. The molecule has 7 heteroatoms. The Morgan fingerprint density at radius 3 is 2.74 bits per heavy atom. The van der Waals surface area contributed by atoms with Crippen LogP contribution in [-0.4, -0.2) is 51.0 Å². The first-order valence-electron chi connectivity index (χ1n) is 10.8. The van der Waals surface area contributed by atoms with E-state index in [-0.39, 0.29) is 18.5 Å². The summed E-state index contributed by atoms with van der Waals surface area (Å²) in [7, 11) is 3.17. The summed E-state index contributed by atoms with van der Waals surface area (Å²) >= 11 is 0. The molecule has 1 aromatic carbocycles. The number of aliphatic imine (C=N–C) groups is 1. The maximum Gasteiger partial charge on any atom is 0.315 e. The number of allylic oxidation sites excluding steroid dienone is 2. The van der Waals surface area contributed by atoms with Crippen LogP contribution in [0.3, 0.4) is 0 Å². The SMILES string of the molecule is COc1ccc(OC)c([C@@H]2C3=C(CCCC3=O)N=C(C)C2C(=O)OC[C@@H]2CCCO2)c1. The lowest BCUT2D eigenvalue weighted by molar-refractivity contribution is -0.149. The van der Waals surface area contributed by atoms with Gasteiger partial charge in [0.1, 0.15) is 24.0 Å². The first kappa shape index (κ1) is 21.6. The predicted octanol–water partition coefficient (Wildman–Crippen LogP) is 3.61. The molecular weight excluding hydrogens is 398 g/mol. The average Bonchev–Trinajstić information content (AvgIpc) is 3.30. The fourth-order valence-corrected chi connectivity index (χ4v) is 4.77. The molecule has 0 saturated carbocycles. The summed E-state index contributed by atoms with van der Waals surface area (Å²) in [6, 6.07) is 5.45. The minimum absolute atomic E-state index is 0.0318. The largest absolute Gasteiger partial charge is 0.497 e. The van der Waals surface area contributed by atoms with Crippen LogP contribution in [0.25, 0.3) is 0 Å². The molecule has 0 radical (unpaired) electrons. The van der Waals surface area contributed by atoms with Gasteiger partial charge in [-0.15, -0.1) is 0 Å².